The normalized spacial score (nSPS) is 22.7. The van der Waals surface area contributed by atoms with Gasteiger partial charge in [-0.05, 0) is 220 Å². The van der Waals surface area contributed by atoms with E-state index < -0.39 is 5.41 Å². The van der Waals surface area contributed by atoms with Gasteiger partial charge in [0, 0.05) is 44.9 Å². The van der Waals surface area contributed by atoms with Crippen molar-refractivity contribution in [1.82, 2.24) is 4.57 Å². The van der Waals surface area contributed by atoms with Gasteiger partial charge in [0.2, 0.25) is 0 Å². The van der Waals surface area contributed by atoms with E-state index in [0.29, 0.717) is 0 Å². The molecule has 9 aromatic carbocycles. The van der Waals surface area contributed by atoms with Crippen LogP contribution in [0.4, 0.5) is 34.1 Å². The van der Waals surface area contributed by atoms with E-state index in [1.807, 2.05) is 0 Å². The highest BCUT2D eigenvalue weighted by Gasteiger charge is 2.56. The van der Waals surface area contributed by atoms with Crippen LogP contribution < -0.4 is 26.2 Å². The summed E-state index contributed by atoms with van der Waals surface area (Å²) in [5.41, 5.74) is 30.3. The lowest BCUT2D eigenvalue weighted by Crippen LogP contribution is -2.61. The van der Waals surface area contributed by atoms with Crippen LogP contribution in [0.3, 0.4) is 0 Å². The minimum atomic E-state index is -0.602. The molecule has 5 aliphatic carbocycles. The molecule has 4 bridgehead atoms. The van der Waals surface area contributed by atoms with Crippen LogP contribution in [-0.2, 0) is 16.2 Å². The van der Waals surface area contributed by atoms with Gasteiger partial charge in [-0.2, -0.15) is 0 Å². The van der Waals surface area contributed by atoms with Crippen LogP contribution in [0.25, 0.3) is 38.6 Å². The molecule has 0 saturated heterocycles. The van der Waals surface area contributed by atoms with E-state index in [2.05, 4.69) is 232 Å². The van der Waals surface area contributed by atoms with Crippen LogP contribution in [0.5, 0.6) is 0 Å². The van der Waals surface area contributed by atoms with E-state index in [9.17, 15) is 0 Å². The van der Waals surface area contributed by atoms with Gasteiger partial charge in [-0.15, -0.1) is 0 Å². The van der Waals surface area contributed by atoms with Crippen LogP contribution in [0, 0.1) is 38.5 Å². The summed E-state index contributed by atoms with van der Waals surface area (Å²) in [5.74, 6) is 2.49. The Labute approximate surface area is 447 Å². The first kappa shape index (κ1) is 43.7. The fraction of sp³-hybridized carbons (Fsp3) is 0.250. The molecular weight excluding hydrogens is 918 g/mol. The zero-order chi connectivity index (χ0) is 50.7. The summed E-state index contributed by atoms with van der Waals surface area (Å²) in [4.78, 5) is 5.44. The van der Waals surface area contributed by atoms with E-state index in [4.69, 9.17) is 0 Å². The molecule has 8 aliphatic rings. The monoisotopic (exact) mass is 980 g/mol. The van der Waals surface area contributed by atoms with E-state index in [1.54, 1.807) is 5.56 Å². The maximum atomic E-state index is 2.77. The largest absolute Gasteiger partial charge is 0.311 e. The average Bonchev–Trinajstić information content (AvgIpc) is 3.96. The molecule has 4 heterocycles. The lowest BCUT2D eigenvalue weighted by molar-refractivity contribution is -0.00514. The maximum Gasteiger partial charge on any atom is 0.252 e. The molecule has 18 rings (SSSR count). The summed E-state index contributed by atoms with van der Waals surface area (Å²) in [6.45, 7) is 14.0. The van der Waals surface area contributed by atoms with Crippen molar-refractivity contribution in [3.63, 3.8) is 0 Å². The lowest BCUT2D eigenvalue weighted by atomic mass is 9.33. The van der Waals surface area contributed by atoms with Gasteiger partial charge in [-0.25, -0.2) is 0 Å². The third-order valence-corrected chi connectivity index (χ3v) is 20.3. The fourth-order valence-corrected chi connectivity index (χ4v) is 17.6. The molecule has 0 N–H and O–H groups in total. The summed E-state index contributed by atoms with van der Waals surface area (Å²) in [5, 5.41) is 2.62. The van der Waals surface area contributed by atoms with Gasteiger partial charge in [-0.3, -0.25) is 0 Å². The second kappa shape index (κ2) is 14.9. The second-order valence-corrected chi connectivity index (χ2v) is 25.7. The molecule has 0 radical (unpaired) electrons. The third kappa shape index (κ3) is 5.55. The Morgan fingerprint density at radius 2 is 1.16 bits per heavy atom. The lowest BCUT2D eigenvalue weighted by Gasteiger charge is -2.57. The van der Waals surface area contributed by atoms with Gasteiger partial charge in [0.05, 0.1) is 22.1 Å². The molecule has 4 fully saturated rings. The van der Waals surface area contributed by atoms with Gasteiger partial charge in [0.15, 0.2) is 0 Å². The highest BCUT2D eigenvalue weighted by atomic mass is 15.2. The fourth-order valence-electron chi connectivity index (χ4n) is 17.6. The first-order chi connectivity index (χ1) is 37.0. The van der Waals surface area contributed by atoms with Crippen LogP contribution >= 0.6 is 0 Å². The van der Waals surface area contributed by atoms with Crippen LogP contribution in [-0.4, -0.2) is 11.3 Å². The first-order valence-electron chi connectivity index (χ1n) is 28.4. The highest BCUT2D eigenvalue weighted by molar-refractivity contribution is 7.00. The number of nitrogens with zero attached hydrogens (tertiary/aromatic N) is 3. The smallest absolute Gasteiger partial charge is 0.252 e. The molecule has 4 heteroatoms. The molecular formula is C72H62BN3. The SMILES string of the molecule is Cc1cccc(N2c3cc(C)ccc3B3c4cc5c(cc4N(c4ccccc4C)c4cc(C67CC8CC(CC(C8)C6)C7)cc2c43)[C@]2(c3ccccc3-5)c3cc(C(C)(C)C)ccc3-n3c4ccccc4c4cccc2c43)c1. The predicted octanol–water partition coefficient (Wildman–Crippen LogP) is 16.2. The number of hydrogen-bond acceptors (Lipinski definition) is 2. The summed E-state index contributed by atoms with van der Waals surface area (Å²) >= 11 is 0. The Bertz CT molecular complexity index is 4190. The van der Waals surface area contributed by atoms with Crippen molar-refractivity contribution in [3.05, 3.63) is 226 Å². The number of aromatic nitrogens is 1. The Balaban J connectivity index is 1.03. The van der Waals surface area contributed by atoms with E-state index in [0.717, 1.165) is 17.8 Å². The van der Waals surface area contributed by atoms with Gasteiger partial charge in [0.25, 0.3) is 6.71 Å². The Morgan fingerprint density at radius 1 is 0.474 bits per heavy atom. The molecule has 0 unspecified atom stereocenters. The number of fused-ring (bicyclic) bond motifs is 16. The molecule has 10 aromatic rings. The second-order valence-electron chi connectivity index (χ2n) is 25.7. The van der Waals surface area contributed by atoms with E-state index in [1.165, 1.54) is 172 Å². The van der Waals surface area contributed by atoms with Crippen molar-refractivity contribution < 1.29 is 0 Å². The van der Waals surface area contributed by atoms with Crippen LogP contribution in [0.15, 0.2) is 176 Å². The van der Waals surface area contributed by atoms with Crippen molar-refractivity contribution in [2.45, 2.75) is 96.3 Å². The van der Waals surface area contributed by atoms with Crippen molar-refractivity contribution >= 4 is 79.0 Å². The van der Waals surface area contributed by atoms with Gasteiger partial charge in [0.1, 0.15) is 0 Å². The van der Waals surface area contributed by atoms with E-state index >= 15 is 0 Å². The number of anilines is 6. The van der Waals surface area contributed by atoms with Crippen LogP contribution in [0.2, 0.25) is 0 Å². The maximum absolute atomic E-state index is 2.77. The molecule has 1 atom stereocenters. The Morgan fingerprint density at radius 3 is 1.95 bits per heavy atom. The van der Waals surface area contributed by atoms with Gasteiger partial charge >= 0.3 is 0 Å². The van der Waals surface area contributed by atoms with Gasteiger partial charge < -0.3 is 14.4 Å². The van der Waals surface area contributed by atoms with Crippen molar-refractivity contribution in [1.29, 1.82) is 0 Å². The summed E-state index contributed by atoms with van der Waals surface area (Å²) in [7, 11) is 0. The number of rotatable bonds is 3. The minimum Gasteiger partial charge on any atom is -0.311 e. The first-order valence-corrected chi connectivity index (χ1v) is 28.4. The zero-order valence-electron chi connectivity index (χ0n) is 44.6. The molecule has 368 valence electrons. The summed E-state index contributed by atoms with van der Waals surface area (Å²) in [6.07, 6.45) is 8.22. The molecule has 1 spiro atoms. The summed E-state index contributed by atoms with van der Waals surface area (Å²) < 4.78 is 2.61. The number of para-hydroxylation sites is 3. The third-order valence-electron chi connectivity index (χ3n) is 20.3. The molecule has 3 nitrogen and oxygen atoms in total. The number of hydrogen-bond donors (Lipinski definition) is 0. The van der Waals surface area contributed by atoms with Crippen molar-refractivity contribution in [3.8, 4) is 16.8 Å². The Kier molecular flexibility index (Phi) is 8.55. The van der Waals surface area contributed by atoms with Crippen molar-refractivity contribution in [2.24, 2.45) is 17.8 Å². The predicted molar refractivity (Wildman–Crippen MR) is 318 cm³/mol. The molecule has 76 heavy (non-hydrogen) atoms. The topological polar surface area (TPSA) is 11.4 Å². The standard InChI is InChI=1S/C72H62BN3/c1-42-15-13-17-50(29-42)74-64-30-43(2)25-27-59(64)73-60-37-54-51-18-8-10-21-55(51)72(56-22-14-20-53-52-19-9-12-24-62(52)76(69(53)56)63-28-26-48(34-58(63)72)70(4,5)6)57(54)38-65(60)75(61-23-11-7-16-44(61)3)67-36-49(35-66(74)68(67)73)71-39-45-31-46(40-71)33-47(32-45)41-71/h7-30,34-38,45-47H,31-33,39-41H2,1-6H3/t45?,46?,47?,71?,72-/m1/s1. The zero-order valence-corrected chi connectivity index (χ0v) is 44.6. The average molecular weight is 980 g/mol. The van der Waals surface area contributed by atoms with Crippen molar-refractivity contribution in [2.75, 3.05) is 9.80 Å². The number of benzene rings is 9. The minimum absolute atomic E-state index is 0.00783. The molecule has 3 aliphatic heterocycles. The molecule has 4 saturated carbocycles. The van der Waals surface area contributed by atoms with Gasteiger partial charge in [-0.1, -0.05) is 142 Å². The Hall–Kier alpha value is -7.56. The molecule has 0 amide bonds. The highest BCUT2D eigenvalue weighted by Crippen LogP contribution is 2.64. The van der Waals surface area contributed by atoms with Crippen LogP contribution in [0.1, 0.15) is 109 Å². The van der Waals surface area contributed by atoms with E-state index in [-0.39, 0.29) is 17.5 Å². The quantitative estimate of drug-likeness (QED) is 0.163. The molecule has 1 aromatic heterocycles. The summed E-state index contributed by atoms with van der Waals surface area (Å²) in [6, 6.07) is 70.1. The number of aryl methyl sites for hydroxylation is 3.